The van der Waals surface area contributed by atoms with E-state index < -0.39 is 0 Å². The molecular weight excluding hydrogens is 261 g/mol. The molecule has 0 amide bonds. The molecule has 0 aliphatic rings. The molecule has 0 saturated carbocycles. The quantitative estimate of drug-likeness (QED) is 0.811. The first kappa shape index (κ1) is 15.8. The Morgan fingerprint density at radius 1 is 1.14 bits per heavy atom. The van der Waals surface area contributed by atoms with E-state index in [1.54, 1.807) is 12.4 Å². The lowest BCUT2D eigenvalue weighted by atomic mass is 9.63. The molecule has 0 aliphatic carbocycles. The summed E-state index contributed by atoms with van der Waals surface area (Å²) in [6.07, 6.45) is 7.41. The van der Waals surface area contributed by atoms with Crippen molar-refractivity contribution in [2.75, 3.05) is 0 Å². The van der Waals surface area contributed by atoms with Crippen molar-refractivity contribution in [3.63, 3.8) is 0 Å². The Hall–Kier alpha value is -1.62. The Kier molecular flexibility index (Phi) is 4.24. The second kappa shape index (κ2) is 5.64. The summed E-state index contributed by atoms with van der Waals surface area (Å²) < 4.78 is 8.09. The molecule has 0 aromatic carbocycles. The van der Waals surface area contributed by atoms with Crippen molar-refractivity contribution in [3.05, 3.63) is 36.9 Å². The average Bonchev–Trinajstić information content (AvgIpc) is 2.87. The van der Waals surface area contributed by atoms with Gasteiger partial charge in [0.05, 0.1) is 17.5 Å². The van der Waals surface area contributed by atoms with E-state index in [0.717, 1.165) is 11.2 Å². The van der Waals surface area contributed by atoms with Crippen molar-refractivity contribution in [2.24, 2.45) is 5.41 Å². The van der Waals surface area contributed by atoms with Gasteiger partial charge in [-0.05, 0) is 36.9 Å². The largest absolute Gasteiger partial charge is 0.426 e. The lowest BCUT2D eigenvalue weighted by molar-refractivity contribution is 0.000450. The molecule has 0 bridgehead atoms. The van der Waals surface area contributed by atoms with Gasteiger partial charge >= 0.3 is 6.92 Å². The maximum atomic E-state index is 6.27. The highest BCUT2D eigenvalue weighted by Crippen LogP contribution is 2.33. The molecule has 2 aromatic rings. The molecule has 2 heterocycles. The maximum Gasteiger partial charge on any atom is 0.327 e. The molecule has 0 aliphatic heterocycles. The second-order valence-corrected chi connectivity index (χ2v) is 6.95. The minimum Gasteiger partial charge on any atom is -0.426 e. The molecule has 21 heavy (non-hydrogen) atoms. The number of aromatic nitrogens is 3. The molecule has 0 fully saturated rings. The Morgan fingerprint density at radius 2 is 1.86 bits per heavy atom. The number of nitrogens with zero attached hydrogens (tertiary/aromatic N) is 3. The number of rotatable bonds is 4. The van der Waals surface area contributed by atoms with Gasteiger partial charge in [0.25, 0.3) is 0 Å². The van der Waals surface area contributed by atoms with Crippen LogP contribution >= 0.6 is 0 Å². The van der Waals surface area contributed by atoms with E-state index in [1.807, 2.05) is 29.2 Å². The summed E-state index contributed by atoms with van der Waals surface area (Å²) in [6, 6.07) is 3.88. The first-order valence-electron chi connectivity index (χ1n) is 7.33. The summed E-state index contributed by atoms with van der Waals surface area (Å²) in [4.78, 5) is 4.11. The zero-order valence-electron chi connectivity index (χ0n) is 13.8. The zero-order valence-corrected chi connectivity index (χ0v) is 13.8. The van der Waals surface area contributed by atoms with Crippen LogP contribution < -0.4 is 5.46 Å². The van der Waals surface area contributed by atoms with Gasteiger partial charge in [-0.15, -0.1) is 0 Å². The van der Waals surface area contributed by atoms with Crippen molar-refractivity contribution in [3.8, 4) is 5.69 Å². The van der Waals surface area contributed by atoms with Gasteiger partial charge in [0, 0.05) is 18.6 Å². The Morgan fingerprint density at radius 3 is 2.43 bits per heavy atom. The van der Waals surface area contributed by atoms with Gasteiger partial charge in [-0.3, -0.25) is 4.98 Å². The number of hydrogen-bond acceptors (Lipinski definition) is 3. The van der Waals surface area contributed by atoms with Crippen molar-refractivity contribution >= 4 is 12.4 Å². The fraction of sp³-hybridized carbons (Fsp3) is 0.500. The van der Waals surface area contributed by atoms with Crippen LogP contribution in [-0.4, -0.2) is 27.3 Å². The molecular formula is C16H24BN3O. The van der Waals surface area contributed by atoms with Crippen LogP contribution in [0.4, 0.5) is 0 Å². The van der Waals surface area contributed by atoms with E-state index in [4.69, 9.17) is 4.65 Å². The predicted molar refractivity (Wildman–Crippen MR) is 87.2 cm³/mol. The van der Waals surface area contributed by atoms with E-state index in [0.29, 0.717) is 0 Å². The Balaban J connectivity index is 2.15. The standard InChI is InChI=1S/C16H24BN3O/c1-15(2,3)16(4,5)21-17(6)13-10-19-20(12-13)14-8-7-9-18-11-14/h7-12H,1-6H3. The summed E-state index contributed by atoms with van der Waals surface area (Å²) in [5, 5.41) is 4.40. The van der Waals surface area contributed by atoms with Crippen LogP contribution in [0.5, 0.6) is 0 Å². The third-order valence-corrected chi connectivity index (χ3v) is 4.26. The van der Waals surface area contributed by atoms with Gasteiger partial charge in [-0.1, -0.05) is 27.6 Å². The Labute approximate surface area is 127 Å². The smallest absolute Gasteiger partial charge is 0.327 e. The molecule has 0 radical (unpaired) electrons. The molecule has 0 spiro atoms. The summed E-state index contributed by atoms with van der Waals surface area (Å²) >= 11 is 0. The summed E-state index contributed by atoms with van der Waals surface area (Å²) in [5.41, 5.74) is 1.87. The van der Waals surface area contributed by atoms with Crippen LogP contribution in [0.2, 0.25) is 6.82 Å². The van der Waals surface area contributed by atoms with Crippen LogP contribution in [0.15, 0.2) is 36.9 Å². The molecule has 0 N–H and O–H groups in total. The monoisotopic (exact) mass is 285 g/mol. The molecule has 0 saturated heterocycles. The van der Waals surface area contributed by atoms with Gasteiger partial charge in [-0.25, -0.2) is 4.68 Å². The highest BCUT2D eigenvalue weighted by Gasteiger charge is 2.36. The second-order valence-electron chi connectivity index (χ2n) is 6.95. The topological polar surface area (TPSA) is 39.9 Å². The highest BCUT2D eigenvalue weighted by molar-refractivity contribution is 6.66. The zero-order chi connectivity index (χ0) is 15.7. The molecule has 5 heteroatoms. The molecule has 4 nitrogen and oxygen atoms in total. The third kappa shape index (κ3) is 3.53. The third-order valence-electron chi connectivity index (χ3n) is 4.26. The van der Waals surface area contributed by atoms with E-state index in [2.05, 4.69) is 51.5 Å². The van der Waals surface area contributed by atoms with Crippen molar-refractivity contribution in [1.82, 2.24) is 14.8 Å². The molecule has 2 aromatic heterocycles. The average molecular weight is 285 g/mol. The molecule has 112 valence electrons. The summed E-state index contributed by atoms with van der Waals surface area (Å²) in [6.45, 7) is 12.9. The predicted octanol–water partition coefficient (Wildman–Crippen LogP) is 2.94. The number of hydrogen-bond donors (Lipinski definition) is 0. The van der Waals surface area contributed by atoms with Crippen LogP contribution in [0.1, 0.15) is 34.6 Å². The summed E-state index contributed by atoms with van der Waals surface area (Å²) in [7, 11) is 0. The summed E-state index contributed by atoms with van der Waals surface area (Å²) in [5.74, 6) is 0. The highest BCUT2D eigenvalue weighted by atomic mass is 16.5. The first-order chi connectivity index (χ1) is 9.71. The molecule has 2 rings (SSSR count). The fourth-order valence-electron chi connectivity index (χ4n) is 1.86. The molecule has 0 unspecified atom stereocenters. The first-order valence-corrected chi connectivity index (χ1v) is 7.33. The normalized spacial score (nSPS) is 12.5. The fourth-order valence-corrected chi connectivity index (χ4v) is 1.86. The van der Waals surface area contributed by atoms with E-state index in [9.17, 15) is 0 Å². The number of pyridine rings is 1. The minimum absolute atomic E-state index is 0.00959. The SMILES string of the molecule is CB(OC(C)(C)C(C)(C)C)c1cnn(-c2cccnc2)c1. The van der Waals surface area contributed by atoms with E-state index >= 15 is 0 Å². The van der Waals surface area contributed by atoms with Gasteiger partial charge in [0.1, 0.15) is 0 Å². The minimum atomic E-state index is -0.219. The molecule has 0 atom stereocenters. The maximum absolute atomic E-state index is 6.27. The van der Waals surface area contributed by atoms with Crippen LogP contribution in [0, 0.1) is 5.41 Å². The van der Waals surface area contributed by atoms with Crippen LogP contribution in [-0.2, 0) is 4.65 Å². The van der Waals surface area contributed by atoms with Crippen molar-refractivity contribution in [1.29, 1.82) is 0 Å². The lowest BCUT2D eigenvalue weighted by Gasteiger charge is -2.40. The van der Waals surface area contributed by atoms with Crippen molar-refractivity contribution in [2.45, 2.75) is 47.0 Å². The van der Waals surface area contributed by atoms with Crippen LogP contribution in [0.3, 0.4) is 0 Å². The Bertz CT molecular complexity index is 587. The van der Waals surface area contributed by atoms with E-state index in [-0.39, 0.29) is 17.9 Å². The van der Waals surface area contributed by atoms with Crippen LogP contribution in [0.25, 0.3) is 5.69 Å². The van der Waals surface area contributed by atoms with Gasteiger partial charge in [-0.2, -0.15) is 5.10 Å². The van der Waals surface area contributed by atoms with E-state index in [1.165, 1.54) is 0 Å². The lowest BCUT2D eigenvalue weighted by Crippen LogP contribution is -2.46. The van der Waals surface area contributed by atoms with Gasteiger partial charge in [0.2, 0.25) is 0 Å². The van der Waals surface area contributed by atoms with Gasteiger partial charge < -0.3 is 4.65 Å². The van der Waals surface area contributed by atoms with Gasteiger partial charge in [0.15, 0.2) is 0 Å². The van der Waals surface area contributed by atoms with Crippen molar-refractivity contribution < 1.29 is 4.65 Å².